The van der Waals surface area contributed by atoms with E-state index in [1.54, 1.807) is 6.07 Å². The predicted octanol–water partition coefficient (Wildman–Crippen LogP) is 3.98. The van der Waals surface area contributed by atoms with Crippen molar-refractivity contribution < 1.29 is 0 Å². The lowest BCUT2D eigenvalue weighted by Gasteiger charge is -2.22. The fourth-order valence-electron chi connectivity index (χ4n) is 1.82. The lowest BCUT2D eigenvalue weighted by atomic mass is 10.1. The van der Waals surface area contributed by atoms with Crippen molar-refractivity contribution in [2.75, 3.05) is 11.5 Å². The summed E-state index contributed by atoms with van der Waals surface area (Å²) < 4.78 is 0. The second-order valence-corrected chi connectivity index (χ2v) is 6.02. The topological polar surface area (TPSA) is 12.0 Å². The molecule has 0 aromatic heterocycles. The molecular weight excluding hydrogens is 261 g/mol. The Morgan fingerprint density at radius 1 is 1.38 bits per heavy atom. The van der Waals surface area contributed by atoms with Crippen molar-refractivity contribution in [2.24, 2.45) is 0 Å². The number of hydrogen-bond acceptors (Lipinski definition) is 2. The van der Waals surface area contributed by atoms with Gasteiger partial charge in [-0.1, -0.05) is 29.3 Å². The van der Waals surface area contributed by atoms with Gasteiger partial charge in [0.15, 0.2) is 0 Å². The summed E-state index contributed by atoms with van der Waals surface area (Å²) in [4.78, 5) is 0. The molecule has 1 aromatic carbocycles. The molecule has 1 unspecified atom stereocenters. The van der Waals surface area contributed by atoms with Crippen LogP contribution in [0.25, 0.3) is 0 Å². The van der Waals surface area contributed by atoms with Crippen molar-refractivity contribution in [3.05, 3.63) is 33.8 Å². The van der Waals surface area contributed by atoms with Crippen molar-refractivity contribution in [3.8, 4) is 0 Å². The largest absolute Gasteiger partial charge is 0.309 e. The normalized spacial score (nSPS) is 21.0. The average molecular weight is 276 g/mol. The zero-order valence-electron chi connectivity index (χ0n) is 9.01. The van der Waals surface area contributed by atoms with Crippen molar-refractivity contribution >= 4 is 35.0 Å². The van der Waals surface area contributed by atoms with Crippen LogP contribution in [0.2, 0.25) is 10.0 Å². The molecule has 0 bridgehead atoms. The van der Waals surface area contributed by atoms with Crippen LogP contribution in [0.15, 0.2) is 18.2 Å². The molecule has 16 heavy (non-hydrogen) atoms. The maximum absolute atomic E-state index is 6.12. The Morgan fingerprint density at radius 2 is 2.25 bits per heavy atom. The van der Waals surface area contributed by atoms with E-state index >= 15 is 0 Å². The van der Waals surface area contributed by atoms with E-state index in [9.17, 15) is 0 Å². The van der Waals surface area contributed by atoms with Gasteiger partial charge in [0.2, 0.25) is 0 Å². The van der Waals surface area contributed by atoms with E-state index in [4.69, 9.17) is 23.2 Å². The van der Waals surface area contributed by atoms with Gasteiger partial charge in [0.25, 0.3) is 0 Å². The third kappa shape index (κ3) is 3.56. The van der Waals surface area contributed by atoms with Crippen LogP contribution in [0.3, 0.4) is 0 Å². The van der Waals surface area contributed by atoms with E-state index in [0.29, 0.717) is 11.1 Å². The summed E-state index contributed by atoms with van der Waals surface area (Å²) in [7, 11) is 0. The van der Waals surface area contributed by atoms with Gasteiger partial charge < -0.3 is 5.32 Å². The molecule has 0 radical (unpaired) electrons. The summed E-state index contributed by atoms with van der Waals surface area (Å²) >= 11 is 14.0. The lowest BCUT2D eigenvalue weighted by molar-refractivity contribution is 0.508. The minimum absolute atomic E-state index is 0.630. The van der Waals surface area contributed by atoms with Gasteiger partial charge in [-0.25, -0.2) is 0 Å². The minimum atomic E-state index is 0.630. The molecule has 0 aliphatic carbocycles. The smallest absolute Gasteiger partial charge is 0.0465 e. The zero-order chi connectivity index (χ0) is 11.4. The molecule has 1 fully saturated rings. The molecular formula is C12H15Cl2NS. The molecule has 1 atom stereocenters. The van der Waals surface area contributed by atoms with Crippen molar-refractivity contribution in [2.45, 2.75) is 25.4 Å². The second-order valence-electron chi connectivity index (χ2n) is 4.03. The van der Waals surface area contributed by atoms with Gasteiger partial charge in [-0.3, -0.25) is 0 Å². The molecule has 4 heteroatoms. The van der Waals surface area contributed by atoms with E-state index in [1.807, 2.05) is 23.9 Å². The third-order valence-electron chi connectivity index (χ3n) is 2.76. The van der Waals surface area contributed by atoms with E-state index in [-0.39, 0.29) is 0 Å². The number of halogens is 2. The highest BCUT2D eigenvalue weighted by molar-refractivity contribution is 7.99. The van der Waals surface area contributed by atoms with E-state index < -0.39 is 0 Å². The molecule has 0 amide bonds. The van der Waals surface area contributed by atoms with Crippen molar-refractivity contribution in [3.63, 3.8) is 0 Å². The van der Waals surface area contributed by atoms with Gasteiger partial charge in [-0.2, -0.15) is 11.8 Å². The Bertz CT molecular complexity index is 351. The highest BCUT2D eigenvalue weighted by Gasteiger charge is 2.13. The summed E-state index contributed by atoms with van der Waals surface area (Å²) in [6.07, 6.45) is 2.59. The average Bonchev–Trinajstić information content (AvgIpc) is 2.29. The predicted molar refractivity (Wildman–Crippen MR) is 73.6 cm³/mol. The third-order valence-corrected chi connectivity index (χ3v) is 4.56. The van der Waals surface area contributed by atoms with Crippen molar-refractivity contribution in [1.82, 2.24) is 5.32 Å². The van der Waals surface area contributed by atoms with Crippen LogP contribution in [0.5, 0.6) is 0 Å². The summed E-state index contributed by atoms with van der Waals surface area (Å²) in [6, 6.07) is 6.31. The monoisotopic (exact) mass is 275 g/mol. The van der Waals surface area contributed by atoms with Gasteiger partial charge in [0.05, 0.1) is 0 Å². The summed E-state index contributed by atoms with van der Waals surface area (Å²) in [5.74, 6) is 2.52. The molecule has 88 valence electrons. The zero-order valence-corrected chi connectivity index (χ0v) is 11.3. The van der Waals surface area contributed by atoms with Crippen LogP contribution in [0.4, 0.5) is 0 Å². The SMILES string of the molecule is Clc1ccc(CNC2CCCSC2)c(Cl)c1. The quantitative estimate of drug-likeness (QED) is 0.896. The van der Waals surface area contributed by atoms with Gasteiger partial charge in [-0.05, 0) is 36.3 Å². The molecule has 1 aromatic rings. The first kappa shape index (κ1) is 12.6. The maximum atomic E-state index is 6.12. The molecule has 1 saturated heterocycles. The first-order valence-corrected chi connectivity index (χ1v) is 7.42. The van der Waals surface area contributed by atoms with Crippen LogP contribution < -0.4 is 5.32 Å². The molecule has 0 spiro atoms. The van der Waals surface area contributed by atoms with Gasteiger partial charge >= 0.3 is 0 Å². The maximum Gasteiger partial charge on any atom is 0.0465 e. The fraction of sp³-hybridized carbons (Fsp3) is 0.500. The number of nitrogens with one attached hydrogen (secondary N) is 1. The summed E-state index contributed by atoms with van der Waals surface area (Å²) in [5, 5.41) is 5.00. The standard InChI is InChI=1S/C12H15Cl2NS/c13-10-4-3-9(12(14)6-10)7-15-11-2-1-5-16-8-11/h3-4,6,11,15H,1-2,5,7-8H2. The Kier molecular flexibility index (Phi) is 4.83. The molecule has 1 aliphatic heterocycles. The molecule has 0 saturated carbocycles. The fourth-order valence-corrected chi connectivity index (χ4v) is 3.40. The number of thioether (sulfide) groups is 1. The number of benzene rings is 1. The second kappa shape index (κ2) is 6.15. The minimum Gasteiger partial charge on any atom is -0.309 e. The van der Waals surface area contributed by atoms with Gasteiger partial charge in [-0.15, -0.1) is 0 Å². The van der Waals surface area contributed by atoms with E-state index in [1.165, 1.54) is 24.3 Å². The Balaban J connectivity index is 1.88. The summed E-state index contributed by atoms with van der Waals surface area (Å²) in [6.45, 7) is 0.835. The van der Waals surface area contributed by atoms with E-state index in [0.717, 1.165) is 17.1 Å². The highest BCUT2D eigenvalue weighted by Crippen LogP contribution is 2.22. The van der Waals surface area contributed by atoms with Crippen LogP contribution in [-0.4, -0.2) is 17.5 Å². The van der Waals surface area contributed by atoms with Gasteiger partial charge in [0.1, 0.15) is 0 Å². The van der Waals surface area contributed by atoms with Gasteiger partial charge in [0, 0.05) is 28.4 Å². The van der Waals surface area contributed by atoms with Crippen molar-refractivity contribution in [1.29, 1.82) is 0 Å². The first-order chi connectivity index (χ1) is 7.75. The summed E-state index contributed by atoms with van der Waals surface area (Å²) in [5.41, 5.74) is 1.13. The van der Waals surface area contributed by atoms with Crippen LogP contribution in [-0.2, 0) is 6.54 Å². The van der Waals surface area contributed by atoms with E-state index in [2.05, 4.69) is 5.32 Å². The van der Waals surface area contributed by atoms with Crippen LogP contribution in [0, 0.1) is 0 Å². The lowest BCUT2D eigenvalue weighted by Crippen LogP contribution is -2.33. The molecule has 1 aliphatic rings. The molecule has 2 rings (SSSR count). The number of hydrogen-bond donors (Lipinski definition) is 1. The van der Waals surface area contributed by atoms with Crippen LogP contribution in [0.1, 0.15) is 18.4 Å². The molecule has 1 heterocycles. The number of rotatable bonds is 3. The molecule has 1 nitrogen and oxygen atoms in total. The highest BCUT2D eigenvalue weighted by atomic mass is 35.5. The van der Waals surface area contributed by atoms with Crippen LogP contribution >= 0.6 is 35.0 Å². The molecule has 1 N–H and O–H groups in total. The Morgan fingerprint density at radius 3 is 2.94 bits per heavy atom. The Hall–Kier alpha value is 0.110. The first-order valence-electron chi connectivity index (χ1n) is 5.51. The Labute approximate surface area is 111 Å².